The first-order chi connectivity index (χ1) is 15.9. The molecule has 1 atom stereocenters. The Labute approximate surface area is 189 Å². The third kappa shape index (κ3) is 3.95. The second kappa shape index (κ2) is 8.51. The summed E-state index contributed by atoms with van der Waals surface area (Å²) in [5, 5.41) is 3.08. The lowest BCUT2D eigenvalue weighted by atomic mass is 9.98. The monoisotopic (exact) mass is 453 g/mol. The zero-order valence-electron chi connectivity index (χ0n) is 17.7. The molecular formula is C25H22F3N3O2. The quantitative estimate of drug-likeness (QED) is 0.607. The van der Waals surface area contributed by atoms with E-state index in [1.165, 1.54) is 11.1 Å². The van der Waals surface area contributed by atoms with Crippen LogP contribution in [-0.4, -0.2) is 42.2 Å². The van der Waals surface area contributed by atoms with Crippen LogP contribution in [0.3, 0.4) is 0 Å². The standard InChI is InChI=1S/C25H22F3N3O2/c26-25(27,28)22-9-10-29-13-20(22)23-14-30-11-12-31(23)24(32)33-15-21-18-7-3-1-5-16(18)17-6-2-4-8-19(17)21/h1-10,13,21,23,30H,11-12,14-15H2. The molecule has 1 aromatic heterocycles. The predicted molar refractivity (Wildman–Crippen MR) is 117 cm³/mol. The number of nitrogens with one attached hydrogen (secondary N) is 1. The SMILES string of the molecule is O=C(OCC1c2ccccc2-c2ccccc21)N1CCNCC1c1cnccc1C(F)(F)F. The fraction of sp³-hybridized carbons (Fsp3) is 0.280. The van der Waals surface area contributed by atoms with E-state index in [1.54, 1.807) is 0 Å². The fourth-order valence-electron chi connectivity index (χ4n) is 4.81. The Morgan fingerprint density at radius 1 is 1.03 bits per heavy atom. The molecule has 170 valence electrons. The summed E-state index contributed by atoms with van der Waals surface area (Å²) in [6.07, 6.45) is -2.87. The Bertz CT molecular complexity index is 1140. The lowest BCUT2D eigenvalue weighted by Gasteiger charge is -2.36. The van der Waals surface area contributed by atoms with Crippen molar-refractivity contribution in [2.45, 2.75) is 18.1 Å². The van der Waals surface area contributed by atoms with Crippen molar-refractivity contribution in [2.24, 2.45) is 0 Å². The highest BCUT2D eigenvalue weighted by molar-refractivity contribution is 5.79. The third-order valence-corrected chi connectivity index (χ3v) is 6.33. The molecule has 1 aliphatic heterocycles. The minimum Gasteiger partial charge on any atom is -0.448 e. The normalized spacial score (nSPS) is 18.0. The van der Waals surface area contributed by atoms with Crippen molar-refractivity contribution >= 4 is 6.09 Å². The zero-order valence-corrected chi connectivity index (χ0v) is 17.7. The minimum atomic E-state index is -4.54. The summed E-state index contributed by atoms with van der Waals surface area (Å²) in [5.41, 5.74) is 3.55. The van der Waals surface area contributed by atoms with Crippen LogP contribution in [0.5, 0.6) is 0 Å². The number of ether oxygens (including phenoxy) is 1. The number of pyridine rings is 1. The van der Waals surface area contributed by atoms with E-state index in [1.807, 2.05) is 48.5 Å². The molecule has 1 amide bonds. The smallest absolute Gasteiger partial charge is 0.416 e. The minimum absolute atomic E-state index is 0.0364. The first-order valence-electron chi connectivity index (χ1n) is 10.8. The van der Waals surface area contributed by atoms with E-state index in [4.69, 9.17) is 4.74 Å². The van der Waals surface area contributed by atoms with E-state index < -0.39 is 23.9 Å². The van der Waals surface area contributed by atoms with Gasteiger partial charge in [0.25, 0.3) is 0 Å². The molecule has 0 saturated carbocycles. The van der Waals surface area contributed by atoms with Crippen molar-refractivity contribution in [3.8, 4) is 11.1 Å². The van der Waals surface area contributed by atoms with Crippen LogP contribution in [0.1, 0.15) is 34.2 Å². The molecule has 0 spiro atoms. The van der Waals surface area contributed by atoms with Crippen LogP contribution in [0, 0.1) is 0 Å². The summed E-state index contributed by atoms with van der Waals surface area (Å²) >= 11 is 0. The highest BCUT2D eigenvalue weighted by Gasteiger charge is 2.39. The number of nitrogens with zero attached hydrogens (tertiary/aromatic N) is 2. The van der Waals surface area contributed by atoms with Crippen LogP contribution >= 0.6 is 0 Å². The van der Waals surface area contributed by atoms with Crippen molar-refractivity contribution in [1.82, 2.24) is 15.2 Å². The van der Waals surface area contributed by atoms with Crippen LogP contribution in [0.15, 0.2) is 67.0 Å². The number of fused-ring (bicyclic) bond motifs is 3. The van der Waals surface area contributed by atoms with Gasteiger partial charge in [0.05, 0.1) is 11.6 Å². The largest absolute Gasteiger partial charge is 0.448 e. The van der Waals surface area contributed by atoms with Gasteiger partial charge >= 0.3 is 12.3 Å². The Morgan fingerprint density at radius 2 is 1.70 bits per heavy atom. The predicted octanol–water partition coefficient (Wildman–Crippen LogP) is 5.00. The molecule has 1 saturated heterocycles. The van der Waals surface area contributed by atoms with Crippen molar-refractivity contribution in [3.63, 3.8) is 0 Å². The van der Waals surface area contributed by atoms with Crippen LogP contribution in [0.2, 0.25) is 0 Å². The van der Waals surface area contributed by atoms with E-state index >= 15 is 0 Å². The molecule has 3 aromatic rings. The molecule has 33 heavy (non-hydrogen) atoms. The number of benzene rings is 2. The molecule has 2 aliphatic rings. The first kappa shape index (κ1) is 21.5. The second-order valence-electron chi connectivity index (χ2n) is 8.18. The summed E-state index contributed by atoms with van der Waals surface area (Å²) in [7, 11) is 0. The molecule has 1 aliphatic carbocycles. The number of carbonyl (C=O) groups is 1. The molecular weight excluding hydrogens is 431 g/mol. The molecule has 2 aromatic carbocycles. The third-order valence-electron chi connectivity index (χ3n) is 6.33. The fourth-order valence-corrected chi connectivity index (χ4v) is 4.81. The van der Waals surface area contributed by atoms with Crippen LogP contribution < -0.4 is 5.32 Å². The molecule has 1 fully saturated rings. The van der Waals surface area contributed by atoms with Crippen LogP contribution in [0.4, 0.5) is 18.0 Å². The van der Waals surface area contributed by atoms with E-state index in [0.717, 1.165) is 34.5 Å². The van der Waals surface area contributed by atoms with Gasteiger partial charge in [-0.15, -0.1) is 0 Å². The second-order valence-corrected chi connectivity index (χ2v) is 8.18. The molecule has 5 nitrogen and oxygen atoms in total. The number of hydrogen-bond donors (Lipinski definition) is 1. The zero-order chi connectivity index (χ0) is 23.0. The van der Waals surface area contributed by atoms with Gasteiger partial charge in [0.1, 0.15) is 6.61 Å². The van der Waals surface area contributed by atoms with E-state index in [0.29, 0.717) is 6.54 Å². The van der Waals surface area contributed by atoms with Gasteiger partial charge in [0, 0.05) is 43.5 Å². The summed E-state index contributed by atoms with van der Waals surface area (Å²) in [6.45, 7) is 1.03. The summed E-state index contributed by atoms with van der Waals surface area (Å²) < 4.78 is 46.5. The Kier molecular flexibility index (Phi) is 5.54. The van der Waals surface area contributed by atoms with Crippen LogP contribution in [-0.2, 0) is 10.9 Å². The van der Waals surface area contributed by atoms with Crippen molar-refractivity contribution in [2.75, 3.05) is 26.2 Å². The van der Waals surface area contributed by atoms with Crippen LogP contribution in [0.25, 0.3) is 11.1 Å². The number of aromatic nitrogens is 1. The average Bonchev–Trinajstić information content (AvgIpc) is 3.16. The number of carbonyl (C=O) groups excluding carboxylic acids is 1. The lowest BCUT2D eigenvalue weighted by molar-refractivity contribution is -0.138. The van der Waals surface area contributed by atoms with E-state index in [2.05, 4.69) is 10.3 Å². The van der Waals surface area contributed by atoms with Gasteiger partial charge in [0.2, 0.25) is 0 Å². The summed E-state index contributed by atoms with van der Waals surface area (Å²) in [6, 6.07) is 16.1. The van der Waals surface area contributed by atoms with E-state index in [9.17, 15) is 18.0 Å². The topological polar surface area (TPSA) is 54.5 Å². The number of alkyl halides is 3. The molecule has 0 bridgehead atoms. The summed E-state index contributed by atoms with van der Waals surface area (Å²) in [4.78, 5) is 18.3. The molecule has 1 unspecified atom stereocenters. The number of hydrogen-bond acceptors (Lipinski definition) is 4. The number of amides is 1. The Balaban J connectivity index is 1.38. The lowest BCUT2D eigenvalue weighted by Crippen LogP contribution is -2.49. The number of piperazine rings is 1. The highest BCUT2D eigenvalue weighted by Crippen LogP contribution is 2.44. The van der Waals surface area contributed by atoms with E-state index in [-0.39, 0.29) is 31.2 Å². The van der Waals surface area contributed by atoms with Crippen molar-refractivity contribution < 1.29 is 22.7 Å². The van der Waals surface area contributed by atoms with Gasteiger partial charge < -0.3 is 10.1 Å². The van der Waals surface area contributed by atoms with Gasteiger partial charge in [0.15, 0.2) is 0 Å². The Hall–Kier alpha value is -3.39. The maximum absolute atomic E-state index is 13.6. The maximum Gasteiger partial charge on any atom is 0.416 e. The van der Waals surface area contributed by atoms with Crippen molar-refractivity contribution in [1.29, 1.82) is 0 Å². The van der Waals surface area contributed by atoms with Gasteiger partial charge in [-0.2, -0.15) is 13.2 Å². The number of halogens is 3. The van der Waals surface area contributed by atoms with Gasteiger partial charge in [-0.1, -0.05) is 48.5 Å². The van der Waals surface area contributed by atoms with Gasteiger partial charge in [-0.3, -0.25) is 9.88 Å². The van der Waals surface area contributed by atoms with Gasteiger partial charge in [-0.05, 0) is 28.3 Å². The molecule has 5 rings (SSSR count). The molecule has 8 heteroatoms. The summed E-state index contributed by atoms with van der Waals surface area (Å²) in [5.74, 6) is -0.119. The first-order valence-corrected chi connectivity index (χ1v) is 10.8. The molecule has 2 heterocycles. The number of rotatable bonds is 3. The Morgan fingerprint density at radius 3 is 2.36 bits per heavy atom. The highest BCUT2D eigenvalue weighted by atomic mass is 19.4. The molecule has 0 radical (unpaired) electrons. The van der Waals surface area contributed by atoms with Gasteiger partial charge in [-0.25, -0.2) is 4.79 Å². The average molecular weight is 453 g/mol. The van der Waals surface area contributed by atoms with Crippen molar-refractivity contribution in [3.05, 3.63) is 89.2 Å². The molecule has 1 N–H and O–H groups in total. The maximum atomic E-state index is 13.6.